The Labute approximate surface area is 155 Å². The van der Waals surface area contributed by atoms with Crippen molar-refractivity contribution in [3.63, 3.8) is 0 Å². The number of carbonyl (C=O) groups is 1. The zero-order valence-electron chi connectivity index (χ0n) is 14.2. The summed E-state index contributed by atoms with van der Waals surface area (Å²) >= 11 is 7.02. The van der Waals surface area contributed by atoms with Crippen LogP contribution in [0.25, 0.3) is 11.4 Å². The molecular formula is C16H19ClN6OS. The fourth-order valence-corrected chi connectivity index (χ4v) is 2.71. The maximum atomic E-state index is 12.1. The van der Waals surface area contributed by atoms with Crippen LogP contribution >= 0.6 is 23.4 Å². The minimum absolute atomic E-state index is 0.0129. The predicted molar refractivity (Wildman–Crippen MR) is 98.3 cm³/mol. The lowest BCUT2D eigenvalue weighted by Crippen LogP contribution is -2.49. The summed E-state index contributed by atoms with van der Waals surface area (Å²) in [5.41, 5.74) is -0.143. The molecule has 1 aromatic heterocycles. The molecule has 1 heterocycles. The van der Waals surface area contributed by atoms with Gasteiger partial charge < -0.3 is 11.2 Å². The molecule has 1 unspecified atom stereocenters. The van der Waals surface area contributed by atoms with E-state index in [1.165, 1.54) is 4.68 Å². The van der Waals surface area contributed by atoms with Gasteiger partial charge in [-0.1, -0.05) is 37.2 Å². The first kappa shape index (κ1) is 19.1. The van der Waals surface area contributed by atoms with Gasteiger partial charge in [-0.2, -0.15) is 5.26 Å². The van der Waals surface area contributed by atoms with Gasteiger partial charge in [0.05, 0.1) is 11.8 Å². The lowest BCUT2D eigenvalue weighted by atomic mass is 9.90. The number of hydrogen-bond acceptors (Lipinski definition) is 6. The van der Waals surface area contributed by atoms with E-state index in [9.17, 15) is 10.1 Å². The number of nitrogen functional groups attached to an aromatic ring is 1. The summed E-state index contributed by atoms with van der Waals surface area (Å²) in [5, 5.41) is 21.1. The fraction of sp³-hybridized carbons (Fsp3) is 0.375. The van der Waals surface area contributed by atoms with Gasteiger partial charge in [0.1, 0.15) is 5.54 Å². The van der Waals surface area contributed by atoms with Gasteiger partial charge in [-0.3, -0.25) is 4.79 Å². The van der Waals surface area contributed by atoms with Crippen LogP contribution in [0.3, 0.4) is 0 Å². The molecule has 0 aliphatic rings. The number of thioether (sulfide) groups is 1. The van der Waals surface area contributed by atoms with Crippen LogP contribution in [0, 0.1) is 17.2 Å². The maximum Gasteiger partial charge on any atom is 0.231 e. The summed E-state index contributed by atoms with van der Waals surface area (Å²) in [6.45, 7) is 5.46. The number of nitrogens with two attached hydrogens (primary N) is 1. The van der Waals surface area contributed by atoms with E-state index in [-0.39, 0.29) is 17.6 Å². The van der Waals surface area contributed by atoms with Gasteiger partial charge in [-0.05, 0) is 37.1 Å². The molecule has 0 spiro atoms. The molecule has 0 saturated heterocycles. The maximum absolute atomic E-state index is 12.1. The molecule has 9 heteroatoms. The topological polar surface area (TPSA) is 110 Å². The molecule has 0 aliphatic heterocycles. The summed E-state index contributed by atoms with van der Waals surface area (Å²) in [4.78, 5) is 12.1. The van der Waals surface area contributed by atoms with E-state index in [1.807, 2.05) is 13.8 Å². The van der Waals surface area contributed by atoms with Gasteiger partial charge >= 0.3 is 0 Å². The van der Waals surface area contributed by atoms with Gasteiger partial charge in [0, 0.05) is 10.6 Å². The Morgan fingerprint density at radius 3 is 2.64 bits per heavy atom. The summed E-state index contributed by atoms with van der Waals surface area (Å²) < 4.78 is 1.33. The second kappa shape index (κ2) is 7.76. The summed E-state index contributed by atoms with van der Waals surface area (Å²) in [6, 6.07) is 9.19. The number of nitrogens with zero attached hydrogens (tertiary/aromatic N) is 4. The van der Waals surface area contributed by atoms with Crippen molar-refractivity contribution in [3.8, 4) is 17.5 Å². The highest BCUT2D eigenvalue weighted by Gasteiger charge is 2.30. The molecule has 1 atom stereocenters. The Bertz CT molecular complexity index is 798. The monoisotopic (exact) mass is 378 g/mol. The second-order valence-electron chi connectivity index (χ2n) is 5.99. The van der Waals surface area contributed by atoms with E-state index >= 15 is 0 Å². The molecule has 2 rings (SSSR count). The number of halogens is 1. The van der Waals surface area contributed by atoms with E-state index < -0.39 is 5.54 Å². The normalized spacial score (nSPS) is 13.3. The van der Waals surface area contributed by atoms with Gasteiger partial charge in [0.2, 0.25) is 11.1 Å². The molecule has 2 aromatic rings. The number of benzene rings is 1. The SMILES string of the molecule is CC(C)C(C)(C#N)NC(=O)CSc1nnc(-c2ccc(Cl)cc2)n1N. The highest BCUT2D eigenvalue weighted by Crippen LogP contribution is 2.23. The average Bonchev–Trinajstić information content (AvgIpc) is 2.94. The molecule has 132 valence electrons. The highest BCUT2D eigenvalue weighted by molar-refractivity contribution is 7.99. The van der Waals surface area contributed by atoms with Gasteiger partial charge in [0.25, 0.3) is 0 Å². The molecule has 7 nitrogen and oxygen atoms in total. The molecular weight excluding hydrogens is 360 g/mol. The lowest BCUT2D eigenvalue weighted by Gasteiger charge is -2.27. The molecule has 0 radical (unpaired) electrons. The lowest BCUT2D eigenvalue weighted by molar-refractivity contribution is -0.120. The Morgan fingerprint density at radius 1 is 1.44 bits per heavy atom. The summed E-state index contributed by atoms with van der Waals surface area (Å²) in [5.74, 6) is 6.30. The molecule has 0 aliphatic carbocycles. The van der Waals surface area contributed by atoms with Gasteiger partial charge in [-0.15, -0.1) is 10.2 Å². The molecule has 1 aromatic carbocycles. The zero-order chi connectivity index (χ0) is 18.6. The zero-order valence-corrected chi connectivity index (χ0v) is 15.7. The number of nitriles is 1. The number of amides is 1. The van der Waals surface area contributed by atoms with Crippen molar-refractivity contribution >= 4 is 29.3 Å². The van der Waals surface area contributed by atoms with Crippen LogP contribution in [0.15, 0.2) is 29.4 Å². The Kier molecular flexibility index (Phi) is 5.93. The number of carbonyl (C=O) groups excluding carboxylic acids is 1. The molecule has 3 N–H and O–H groups in total. The van der Waals surface area contributed by atoms with Crippen LogP contribution in [0.5, 0.6) is 0 Å². The van der Waals surface area contributed by atoms with Gasteiger partial charge in [0.15, 0.2) is 5.82 Å². The predicted octanol–water partition coefficient (Wildman–Crippen LogP) is 2.46. The number of hydrogen-bond donors (Lipinski definition) is 2. The molecule has 0 saturated carbocycles. The van der Waals surface area contributed by atoms with E-state index in [2.05, 4.69) is 21.6 Å². The van der Waals surface area contributed by atoms with E-state index in [1.54, 1.807) is 31.2 Å². The van der Waals surface area contributed by atoms with Gasteiger partial charge in [-0.25, -0.2) is 4.68 Å². The minimum atomic E-state index is -0.914. The Hall–Kier alpha value is -2.24. The van der Waals surface area contributed by atoms with Crippen LogP contribution in [0.1, 0.15) is 20.8 Å². The van der Waals surface area contributed by atoms with Crippen LogP contribution < -0.4 is 11.2 Å². The number of aromatic nitrogens is 3. The smallest absolute Gasteiger partial charge is 0.231 e. The van der Waals surface area contributed by atoms with E-state index in [4.69, 9.17) is 17.4 Å². The number of nitrogens with one attached hydrogen (secondary N) is 1. The third kappa shape index (κ3) is 4.44. The Balaban J connectivity index is 2.04. The second-order valence-corrected chi connectivity index (χ2v) is 7.37. The van der Waals surface area contributed by atoms with Crippen molar-refractivity contribution in [2.24, 2.45) is 5.92 Å². The van der Waals surface area contributed by atoms with E-state index in [0.717, 1.165) is 17.3 Å². The van der Waals surface area contributed by atoms with Crippen molar-refractivity contribution in [1.82, 2.24) is 20.2 Å². The minimum Gasteiger partial charge on any atom is -0.337 e. The standard InChI is InChI=1S/C16H19ClN6OS/c1-10(2)16(3,9-18)20-13(24)8-25-15-22-21-14(23(15)19)11-4-6-12(17)7-5-11/h4-7,10H,8,19H2,1-3H3,(H,20,24). The van der Waals surface area contributed by atoms with Crippen LogP contribution in [-0.2, 0) is 4.79 Å². The highest BCUT2D eigenvalue weighted by atomic mass is 35.5. The van der Waals surface area contributed by atoms with Crippen molar-refractivity contribution in [3.05, 3.63) is 29.3 Å². The largest absolute Gasteiger partial charge is 0.337 e. The van der Waals surface area contributed by atoms with Crippen LogP contribution in [0.2, 0.25) is 5.02 Å². The van der Waals surface area contributed by atoms with Crippen molar-refractivity contribution in [1.29, 1.82) is 5.26 Å². The average molecular weight is 379 g/mol. The third-order valence-electron chi connectivity index (χ3n) is 3.89. The number of rotatable bonds is 6. The first-order chi connectivity index (χ1) is 11.8. The quantitative estimate of drug-likeness (QED) is 0.590. The first-order valence-electron chi connectivity index (χ1n) is 7.58. The third-order valence-corrected chi connectivity index (χ3v) is 5.08. The molecule has 25 heavy (non-hydrogen) atoms. The Morgan fingerprint density at radius 2 is 2.08 bits per heavy atom. The van der Waals surface area contributed by atoms with E-state index in [0.29, 0.717) is 16.0 Å². The van der Waals surface area contributed by atoms with Crippen molar-refractivity contribution in [2.45, 2.75) is 31.5 Å². The molecule has 0 fully saturated rings. The summed E-state index contributed by atoms with van der Waals surface area (Å²) in [6.07, 6.45) is 0. The van der Waals surface area contributed by atoms with Crippen LogP contribution in [-0.4, -0.2) is 32.1 Å². The first-order valence-corrected chi connectivity index (χ1v) is 8.94. The summed E-state index contributed by atoms with van der Waals surface area (Å²) in [7, 11) is 0. The molecule has 1 amide bonds. The fourth-order valence-electron chi connectivity index (χ4n) is 1.93. The van der Waals surface area contributed by atoms with Crippen molar-refractivity contribution in [2.75, 3.05) is 11.6 Å². The van der Waals surface area contributed by atoms with Crippen molar-refractivity contribution < 1.29 is 4.79 Å². The molecule has 0 bridgehead atoms. The van der Waals surface area contributed by atoms with Crippen LogP contribution in [0.4, 0.5) is 0 Å².